The molecule has 0 amide bonds. The maximum absolute atomic E-state index is 6.34. The van der Waals surface area contributed by atoms with Gasteiger partial charge in [-0.1, -0.05) is 93.6 Å². The van der Waals surface area contributed by atoms with Crippen molar-refractivity contribution in [3.8, 4) is 0 Å². The van der Waals surface area contributed by atoms with E-state index in [0.717, 1.165) is 12.4 Å². The number of ether oxygens (including phenoxy) is 1. The Morgan fingerprint density at radius 2 is 1.58 bits per heavy atom. The van der Waals surface area contributed by atoms with Crippen LogP contribution in [0.1, 0.15) is 38.0 Å². The zero-order chi connectivity index (χ0) is 17.0. The average Bonchev–Trinajstić information content (AvgIpc) is 2.61. The van der Waals surface area contributed by atoms with E-state index in [1.165, 1.54) is 11.1 Å². The molecule has 1 heterocycles. The fourth-order valence-corrected chi connectivity index (χ4v) is 2.86. The Hall–Kier alpha value is -2.35. The Morgan fingerprint density at radius 1 is 0.958 bits per heavy atom. The van der Waals surface area contributed by atoms with Gasteiger partial charge in [-0.2, -0.15) is 0 Å². The first kappa shape index (κ1) is 16.5. The minimum atomic E-state index is -0.0683. The third-order valence-corrected chi connectivity index (χ3v) is 4.18. The molecule has 24 heavy (non-hydrogen) atoms. The Labute approximate surface area is 144 Å². The summed E-state index contributed by atoms with van der Waals surface area (Å²) >= 11 is 0. The number of nitrogens with zero attached hydrogens (tertiary/aromatic N) is 1. The SMILES string of the molecule is CC(C)(C)C1=NCC(/C=C/c2ccccc2)C(c2ccccc2)O1. The van der Waals surface area contributed by atoms with Crippen molar-refractivity contribution >= 4 is 12.0 Å². The Bertz CT molecular complexity index is 711. The van der Waals surface area contributed by atoms with Crippen molar-refractivity contribution in [2.75, 3.05) is 6.54 Å². The highest BCUT2D eigenvalue weighted by atomic mass is 16.5. The van der Waals surface area contributed by atoms with E-state index in [1.807, 2.05) is 12.1 Å². The highest BCUT2D eigenvalue weighted by Gasteiger charge is 2.33. The molecule has 0 N–H and O–H groups in total. The lowest BCUT2D eigenvalue weighted by molar-refractivity contribution is 0.112. The molecule has 0 bridgehead atoms. The van der Waals surface area contributed by atoms with Crippen molar-refractivity contribution in [3.05, 3.63) is 77.9 Å². The number of hydrogen-bond acceptors (Lipinski definition) is 2. The first-order chi connectivity index (χ1) is 11.5. The van der Waals surface area contributed by atoms with Gasteiger partial charge >= 0.3 is 0 Å². The van der Waals surface area contributed by atoms with Crippen LogP contribution in [0.25, 0.3) is 6.08 Å². The molecule has 2 aromatic carbocycles. The van der Waals surface area contributed by atoms with Crippen LogP contribution in [0.15, 0.2) is 71.7 Å². The van der Waals surface area contributed by atoms with Crippen LogP contribution in [-0.4, -0.2) is 12.4 Å². The van der Waals surface area contributed by atoms with E-state index >= 15 is 0 Å². The predicted molar refractivity (Wildman–Crippen MR) is 101 cm³/mol. The average molecular weight is 319 g/mol. The van der Waals surface area contributed by atoms with Crippen molar-refractivity contribution in [1.82, 2.24) is 0 Å². The fourth-order valence-electron chi connectivity index (χ4n) is 2.86. The van der Waals surface area contributed by atoms with E-state index in [2.05, 4.69) is 81.5 Å². The minimum Gasteiger partial charge on any atom is -0.472 e. The zero-order valence-corrected chi connectivity index (χ0v) is 14.6. The van der Waals surface area contributed by atoms with Crippen LogP contribution in [-0.2, 0) is 4.74 Å². The second-order valence-corrected chi connectivity index (χ2v) is 7.28. The molecule has 0 radical (unpaired) electrons. The van der Waals surface area contributed by atoms with Gasteiger partial charge < -0.3 is 4.74 Å². The number of benzene rings is 2. The largest absolute Gasteiger partial charge is 0.472 e. The van der Waals surface area contributed by atoms with Gasteiger partial charge in [-0.15, -0.1) is 0 Å². The van der Waals surface area contributed by atoms with Crippen LogP contribution in [0.2, 0.25) is 0 Å². The van der Waals surface area contributed by atoms with E-state index in [9.17, 15) is 0 Å². The van der Waals surface area contributed by atoms with Crippen molar-refractivity contribution in [2.24, 2.45) is 16.3 Å². The Balaban J connectivity index is 1.88. The number of rotatable bonds is 3. The molecule has 0 fully saturated rings. The van der Waals surface area contributed by atoms with Gasteiger partial charge in [0.05, 0.1) is 6.54 Å². The van der Waals surface area contributed by atoms with Crippen molar-refractivity contribution in [1.29, 1.82) is 0 Å². The molecule has 0 spiro atoms. The van der Waals surface area contributed by atoms with Gasteiger partial charge in [0.2, 0.25) is 0 Å². The van der Waals surface area contributed by atoms with Crippen molar-refractivity contribution < 1.29 is 4.74 Å². The van der Waals surface area contributed by atoms with Gasteiger partial charge in [-0.05, 0) is 11.1 Å². The van der Waals surface area contributed by atoms with Crippen LogP contribution < -0.4 is 0 Å². The number of aliphatic imine (C=N–C) groups is 1. The summed E-state index contributed by atoms with van der Waals surface area (Å²) < 4.78 is 6.34. The Kier molecular flexibility index (Phi) is 4.84. The van der Waals surface area contributed by atoms with E-state index in [0.29, 0.717) is 0 Å². The smallest absolute Gasteiger partial charge is 0.189 e. The summed E-state index contributed by atoms with van der Waals surface area (Å²) in [7, 11) is 0. The lowest BCUT2D eigenvalue weighted by atomic mass is 9.90. The van der Waals surface area contributed by atoms with Crippen LogP contribution in [0.3, 0.4) is 0 Å². The molecule has 2 atom stereocenters. The van der Waals surface area contributed by atoms with Gasteiger partial charge in [0.25, 0.3) is 0 Å². The topological polar surface area (TPSA) is 21.6 Å². The molecule has 3 rings (SSSR count). The number of hydrogen-bond donors (Lipinski definition) is 0. The Morgan fingerprint density at radius 3 is 2.21 bits per heavy atom. The molecule has 2 heteroatoms. The molecule has 0 aliphatic carbocycles. The van der Waals surface area contributed by atoms with Crippen LogP contribution in [0, 0.1) is 11.3 Å². The lowest BCUT2D eigenvalue weighted by Gasteiger charge is -2.34. The van der Waals surface area contributed by atoms with Gasteiger partial charge in [-0.25, -0.2) is 0 Å². The van der Waals surface area contributed by atoms with E-state index < -0.39 is 0 Å². The van der Waals surface area contributed by atoms with Crippen LogP contribution in [0.5, 0.6) is 0 Å². The van der Waals surface area contributed by atoms with Crippen molar-refractivity contribution in [2.45, 2.75) is 26.9 Å². The summed E-state index contributed by atoms with van der Waals surface area (Å²) in [5.74, 6) is 1.08. The molecule has 0 saturated carbocycles. The monoisotopic (exact) mass is 319 g/mol. The van der Waals surface area contributed by atoms with Gasteiger partial charge in [0.1, 0.15) is 6.10 Å². The quantitative estimate of drug-likeness (QED) is 0.728. The molecular formula is C22H25NO. The second-order valence-electron chi connectivity index (χ2n) is 7.28. The molecule has 2 aromatic rings. The highest BCUT2D eigenvalue weighted by Crippen LogP contribution is 2.35. The summed E-state index contributed by atoms with van der Waals surface area (Å²) in [4.78, 5) is 4.71. The molecule has 0 saturated heterocycles. The maximum Gasteiger partial charge on any atom is 0.189 e. The normalized spacial score (nSPS) is 21.4. The lowest BCUT2D eigenvalue weighted by Crippen LogP contribution is -2.33. The van der Waals surface area contributed by atoms with Gasteiger partial charge in [0, 0.05) is 11.3 Å². The third kappa shape index (κ3) is 3.94. The molecule has 2 unspecified atom stereocenters. The van der Waals surface area contributed by atoms with Gasteiger partial charge in [0.15, 0.2) is 5.90 Å². The fraction of sp³-hybridized carbons (Fsp3) is 0.318. The summed E-state index contributed by atoms with van der Waals surface area (Å²) in [6.07, 6.45) is 4.41. The summed E-state index contributed by atoms with van der Waals surface area (Å²) in [5.41, 5.74) is 2.34. The van der Waals surface area contributed by atoms with E-state index in [-0.39, 0.29) is 17.4 Å². The van der Waals surface area contributed by atoms with E-state index in [4.69, 9.17) is 9.73 Å². The second kappa shape index (κ2) is 7.04. The first-order valence-corrected chi connectivity index (χ1v) is 8.54. The first-order valence-electron chi connectivity index (χ1n) is 8.54. The summed E-state index contributed by atoms with van der Waals surface area (Å²) in [5, 5.41) is 0. The van der Waals surface area contributed by atoms with Crippen molar-refractivity contribution in [3.63, 3.8) is 0 Å². The minimum absolute atomic E-state index is 0.0119. The van der Waals surface area contributed by atoms with Crippen LogP contribution >= 0.6 is 0 Å². The summed E-state index contributed by atoms with van der Waals surface area (Å²) in [6, 6.07) is 20.8. The van der Waals surface area contributed by atoms with Crippen LogP contribution in [0.4, 0.5) is 0 Å². The molecule has 124 valence electrons. The third-order valence-electron chi connectivity index (χ3n) is 4.18. The standard InChI is InChI=1S/C22H25NO/c1-22(2,3)21-23-16-19(15-14-17-10-6-4-7-11-17)20(24-21)18-12-8-5-9-13-18/h4-15,19-20H,16H2,1-3H3/b15-14+. The maximum atomic E-state index is 6.34. The molecule has 2 nitrogen and oxygen atoms in total. The van der Waals surface area contributed by atoms with E-state index in [1.54, 1.807) is 0 Å². The summed E-state index contributed by atoms with van der Waals surface area (Å²) in [6.45, 7) is 7.20. The molecular weight excluding hydrogens is 294 g/mol. The predicted octanol–water partition coefficient (Wildman–Crippen LogP) is 5.53. The molecule has 0 aromatic heterocycles. The molecule has 1 aliphatic heterocycles. The molecule has 1 aliphatic rings. The van der Waals surface area contributed by atoms with Gasteiger partial charge in [-0.3, -0.25) is 4.99 Å². The highest BCUT2D eigenvalue weighted by molar-refractivity contribution is 5.82. The zero-order valence-electron chi connectivity index (χ0n) is 14.6.